The summed E-state index contributed by atoms with van der Waals surface area (Å²) in [6.45, 7) is 32.3. The molecule has 0 amide bonds. The first-order valence-corrected chi connectivity index (χ1v) is 21.2. The average molecular weight is 557 g/mol. The summed E-state index contributed by atoms with van der Waals surface area (Å²) >= 11 is 0. The minimum atomic E-state index is -2.31. The van der Waals surface area contributed by atoms with Crippen LogP contribution in [0, 0.1) is 17.3 Å². The summed E-state index contributed by atoms with van der Waals surface area (Å²) in [5, 5.41) is 0.0990. The molecule has 0 aromatic rings. The fraction of sp³-hybridized carbons (Fsp3) is 0.765. The molecule has 0 unspecified atom stereocenters. The van der Waals surface area contributed by atoms with E-state index in [2.05, 4.69) is 100 Å². The Labute approximate surface area is 238 Å². The van der Waals surface area contributed by atoms with Crippen molar-refractivity contribution >= 4 is 16.6 Å². The van der Waals surface area contributed by atoms with E-state index in [0.29, 0.717) is 17.3 Å². The van der Waals surface area contributed by atoms with Crippen LogP contribution in [0.2, 0.25) is 36.3 Å². The zero-order valence-electron chi connectivity index (χ0n) is 27.1. The standard InChI is InChI=1S/C34H60O2Si2/c1-24(2)29-18-19-30-27(15-14-20-34(29,30)9)17-16-26-21-28(23-33(7,8)37(10,11)35)25(3)31(22-26)36-38(12,13)32(4,5)6/h16-17,28,30-31,35H,3,14-15,18-23H2,1-2,4-13H3/b26-16+,27-17+/t28-,30-,31+,34+/m0/s1. The Bertz CT molecular complexity index is 952. The Kier molecular flexibility index (Phi) is 9.17. The summed E-state index contributed by atoms with van der Waals surface area (Å²) < 4.78 is 7.05. The molecule has 216 valence electrons. The molecule has 0 radical (unpaired) electrons. The zero-order valence-corrected chi connectivity index (χ0v) is 29.1. The molecular formula is C34H60O2Si2. The Hall–Kier alpha value is -0.686. The van der Waals surface area contributed by atoms with Crippen molar-refractivity contribution in [2.75, 3.05) is 0 Å². The first kappa shape index (κ1) is 31.8. The number of hydrogen-bond acceptors (Lipinski definition) is 2. The van der Waals surface area contributed by atoms with Crippen LogP contribution in [0.3, 0.4) is 0 Å². The number of rotatable bonds is 6. The van der Waals surface area contributed by atoms with Gasteiger partial charge in [-0.25, -0.2) is 0 Å². The summed E-state index contributed by atoms with van der Waals surface area (Å²) in [4.78, 5) is 11.1. The molecule has 0 aliphatic heterocycles. The minimum absolute atomic E-state index is 0.0706. The number of allylic oxidation sites excluding steroid dienone is 5. The lowest BCUT2D eigenvalue weighted by Gasteiger charge is -2.45. The lowest BCUT2D eigenvalue weighted by molar-refractivity contribution is 0.181. The monoisotopic (exact) mass is 556 g/mol. The van der Waals surface area contributed by atoms with E-state index in [9.17, 15) is 4.80 Å². The molecule has 0 bridgehead atoms. The molecule has 0 spiro atoms. The molecule has 3 aliphatic rings. The minimum Gasteiger partial charge on any atom is -0.432 e. The highest BCUT2D eigenvalue weighted by molar-refractivity contribution is 6.74. The van der Waals surface area contributed by atoms with Crippen molar-refractivity contribution in [1.29, 1.82) is 0 Å². The van der Waals surface area contributed by atoms with Gasteiger partial charge in [-0.1, -0.05) is 82.6 Å². The summed E-state index contributed by atoms with van der Waals surface area (Å²) in [5.74, 6) is 1.06. The van der Waals surface area contributed by atoms with E-state index in [1.54, 1.807) is 16.7 Å². The zero-order chi connectivity index (χ0) is 28.9. The molecule has 0 aromatic carbocycles. The Morgan fingerprint density at radius 2 is 1.68 bits per heavy atom. The van der Waals surface area contributed by atoms with Crippen LogP contribution >= 0.6 is 0 Å². The van der Waals surface area contributed by atoms with Gasteiger partial charge >= 0.3 is 0 Å². The molecule has 3 saturated carbocycles. The maximum absolute atomic E-state index is 11.1. The highest BCUT2D eigenvalue weighted by atomic mass is 28.4. The van der Waals surface area contributed by atoms with Crippen molar-refractivity contribution in [3.63, 3.8) is 0 Å². The normalized spacial score (nSPS) is 31.8. The molecule has 3 aliphatic carbocycles. The second-order valence-corrected chi connectivity index (χ2v) is 25.3. The summed E-state index contributed by atoms with van der Waals surface area (Å²) in [6, 6.07) is 0. The van der Waals surface area contributed by atoms with E-state index in [1.165, 1.54) is 43.3 Å². The number of hydrogen-bond donors (Lipinski definition) is 1. The molecule has 0 heterocycles. The van der Waals surface area contributed by atoms with Gasteiger partial charge in [0.2, 0.25) is 0 Å². The van der Waals surface area contributed by atoms with Crippen molar-refractivity contribution in [1.82, 2.24) is 0 Å². The van der Waals surface area contributed by atoms with Crippen LogP contribution in [0.5, 0.6) is 0 Å². The van der Waals surface area contributed by atoms with Gasteiger partial charge in [0.05, 0.1) is 6.10 Å². The van der Waals surface area contributed by atoms with Crippen LogP contribution in [0.4, 0.5) is 0 Å². The first-order chi connectivity index (χ1) is 17.2. The van der Waals surface area contributed by atoms with E-state index in [4.69, 9.17) is 4.43 Å². The molecule has 3 rings (SSSR count). The third kappa shape index (κ3) is 6.45. The SMILES string of the molecule is C=C1[C@H](CC(C)(C)[Si](C)(C)O)C/C(=C\C=C2/CCC[C@]3(C)C(=C(C)C)CC[C@@H]23)C[C@H]1O[Si](C)(C)C(C)(C)C. The molecule has 4 atom stereocenters. The largest absolute Gasteiger partial charge is 0.432 e. The van der Waals surface area contributed by atoms with Gasteiger partial charge in [-0.3, -0.25) is 0 Å². The Morgan fingerprint density at radius 3 is 2.24 bits per heavy atom. The quantitative estimate of drug-likeness (QED) is 0.260. The van der Waals surface area contributed by atoms with Gasteiger partial charge < -0.3 is 9.22 Å². The fourth-order valence-electron chi connectivity index (χ4n) is 7.12. The van der Waals surface area contributed by atoms with Crippen LogP contribution in [-0.4, -0.2) is 27.5 Å². The topological polar surface area (TPSA) is 29.5 Å². The molecule has 0 saturated heterocycles. The van der Waals surface area contributed by atoms with Crippen LogP contribution in [0.15, 0.2) is 46.6 Å². The van der Waals surface area contributed by atoms with Crippen molar-refractivity contribution in [3.05, 3.63) is 46.6 Å². The molecule has 1 N–H and O–H groups in total. The smallest absolute Gasteiger partial charge is 0.192 e. The number of fused-ring (bicyclic) bond motifs is 1. The van der Waals surface area contributed by atoms with Crippen molar-refractivity contribution in [3.8, 4) is 0 Å². The predicted molar refractivity (Wildman–Crippen MR) is 172 cm³/mol. The van der Waals surface area contributed by atoms with E-state index in [1.807, 2.05) is 0 Å². The van der Waals surface area contributed by atoms with Gasteiger partial charge in [0.1, 0.15) is 0 Å². The van der Waals surface area contributed by atoms with Crippen LogP contribution < -0.4 is 0 Å². The maximum atomic E-state index is 11.1. The van der Waals surface area contributed by atoms with E-state index in [0.717, 1.165) is 19.3 Å². The third-order valence-electron chi connectivity index (χ3n) is 11.4. The van der Waals surface area contributed by atoms with Gasteiger partial charge in [-0.2, -0.15) is 0 Å². The van der Waals surface area contributed by atoms with Crippen LogP contribution in [-0.2, 0) is 4.43 Å². The fourth-order valence-corrected chi connectivity index (χ4v) is 9.17. The molecular weight excluding hydrogens is 497 g/mol. The summed E-state index contributed by atoms with van der Waals surface area (Å²) in [7, 11) is -4.25. The van der Waals surface area contributed by atoms with E-state index < -0.39 is 16.6 Å². The third-order valence-corrected chi connectivity index (χ3v) is 19.4. The van der Waals surface area contributed by atoms with Gasteiger partial charge in [0.25, 0.3) is 0 Å². The van der Waals surface area contributed by atoms with Crippen molar-refractivity contribution in [2.45, 2.75) is 149 Å². The highest BCUT2D eigenvalue weighted by Gasteiger charge is 2.47. The van der Waals surface area contributed by atoms with E-state index in [-0.39, 0.29) is 16.2 Å². The molecule has 0 aromatic heterocycles. The predicted octanol–water partition coefficient (Wildman–Crippen LogP) is 10.5. The van der Waals surface area contributed by atoms with Gasteiger partial charge in [-0.05, 0) is 124 Å². The molecule has 38 heavy (non-hydrogen) atoms. The van der Waals surface area contributed by atoms with Crippen LogP contribution in [0.25, 0.3) is 0 Å². The first-order valence-electron chi connectivity index (χ1n) is 15.3. The average Bonchev–Trinajstić information content (AvgIpc) is 3.11. The van der Waals surface area contributed by atoms with Crippen molar-refractivity contribution in [2.24, 2.45) is 17.3 Å². The molecule has 4 heteroatoms. The van der Waals surface area contributed by atoms with Crippen LogP contribution in [0.1, 0.15) is 107 Å². The summed E-state index contributed by atoms with van der Waals surface area (Å²) in [5.41, 5.74) is 8.09. The Balaban J connectivity index is 1.94. The lowest BCUT2D eigenvalue weighted by atomic mass is 9.65. The second kappa shape index (κ2) is 10.9. The lowest BCUT2D eigenvalue weighted by Crippen LogP contribution is -2.46. The van der Waals surface area contributed by atoms with E-state index >= 15 is 0 Å². The summed E-state index contributed by atoms with van der Waals surface area (Å²) in [6.07, 6.45) is 14.6. The van der Waals surface area contributed by atoms with Gasteiger partial charge in [0.15, 0.2) is 16.6 Å². The van der Waals surface area contributed by atoms with Gasteiger partial charge in [-0.15, -0.1) is 0 Å². The maximum Gasteiger partial charge on any atom is 0.192 e. The highest BCUT2D eigenvalue weighted by Crippen LogP contribution is 2.58. The van der Waals surface area contributed by atoms with Crippen molar-refractivity contribution < 1.29 is 9.22 Å². The Morgan fingerprint density at radius 1 is 1.05 bits per heavy atom. The molecule has 3 fully saturated rings. The van der Waals surface area contributed by atoms with Gasteiger partial charge in [0, 0.05) is 0 Å². The second-order valence-electron chi connectivity index (χ2n) is 16.1. The molecule has 2 nitrogen and oxygen atoms in total.